The summed E-state index contributed by atoms with van der Waals surface area (Å²) in [4.78, 5) is 22.2. The third-order valence-corrected chi connectivity index (χ3v) is 13.6. The van der Waals surface area contributed by atoms with E-state index in [9.17, 15) is 0 Å². The minimum atomic E-state index is 0.525. The number of imidazole rings is 2. The van der Waals surface area contributed by atoms with Crippen molar-refractivity contribution in [2.75, 3.05) is 0 Å². The summed E-state index contributed by atoms with van der Waals surface area (Å²) in [5, 5.41) is 11.2. The van der Waals surface area contributed by atoms with Crippen molar-refractivity contribution in [2.24, 2.45) is 0 Å². The molecule has 66 heavy (non-hydrogen) atoms. The van der Waals surface area contributed by atoms with E-state index in [1.54, 1.807) is 0 Å². The predicted molar refractivity (Wildman–Crippen MR) is 270 cm³/mol. The van der Waals surface area contributed by atoms with E-state index in [1.807, 2.05) is 0 Å². The standard InChI is InChI=1S/C58H34N8/c1-3-19-37-35(17-1)36-18-2-4-20-38(36)44-26-16-34-52-54(44)66(58-59-46-28-9-14-33-51(46)65(52)58)53-43(37)25-15-27-45(53)55-60-56(63-47-29-10-5-21-39(47)40-22-6-11-30-48(40)63)62-57(61-55)64-49-31-12-7-23-41(49)42-24-8-13-32-50(42)64/h1-34H. The molecule has 0 saturated carbocycles. The Morgan fingerprint density at radius 3 is 1.15 bits per heavy atom. The van der Waals surface area contributed by atoms with E-state index < -0.39 is 0 Å². The van der Waals surface area contributed by atoms with Gasteiger partial charge >= 0.3 is 0 Å². The normalized spacial score (nSPS) is 12.2. The van der Waals surface area contributed by atoms with Crippen molar-refractivity contribution in [2.45, 2.75) is 0 Å². The van der Waals surface area contributed by atoms with E-state index in [0.717, 1.165) is 115 Å². The molecule has 0 saturated heterocycles. The van der Waals surface area contributed by atoms with E-state index in [2.05, 4.69) is 224 Å². The summed E-state index contributed by atoms with van der Waals surface area (Å²) >= 11 is 0. The molecule has 0 N–H and O–H groups in total. The molecule has 6 heterocycles. The van der Waals surface area contributed by atoms with E-state index in [-0.39, 0.29) is 0 Å². The Hall–Kier alpha value is -9.14. The molecular weight excluding hydrogens is 809 g/mol. The third kappa shape index (κ3) is 4.71. The number of rotatable bonds is 3. The average Bonchev–Trinajstić information content (AvgIpc) is 4.12. The highest BCUT2D eigenvalue weighted by atomic mass is 15.3. The van der Waals surface area contributed by atoms with Gasteiger partial charge < -0.3 is 0 Å². The highest BCUT2D eigenvalue weighted by Crippen LogP contribution is 2.41. The van der Waals surface area contributed by atoms with Crippen molar-refractivity contribution in [3.63, 3.8) is 0 Å². The van der Waals surface area contributed by atoms with Gasteiger partial charge in [0, 0.05) is 37.9 Å². The predicted octanol–water partition coefficient (Wildman–Crippen LogP) is 14.0. The van der Waals surface area contributed by atoms with Crippen LogP contribution in [-0.4, -0.2) is 37.9 Å². The van der Waals surface area contributed by atoms with Gasteiger partial charge in [-0.25, -0.2) is 4.98 Å². The molecule has 0 atom stereocenters. The summed E-state index contributed by atoms with van der Waals surface area (Å²) < 4.78 is 9.07. The zero-order chi connectivity index (χ0) is 43.0. The maximum Gasteiger partial charge on any atom is 0.240 e. The lowest BCUT2D eigenvalue weighted by Crippen LogP contribution is -2.10. The summed E-state index contributed by atoms with van der Waals surface area (Å²) in [6, 6.07) is 73.2. The zero-order valence-electron chi connectivity index (χ0n) is 35.2. The van der Waals surface area contributed by atoms with E-state index in [0.29, 0.717) is 17.7 Å². The SMILES string of the molecule is c1ccc2c(c1)nc1n2c2cccc3c4ccccc4c4ccccc4c4cccc(-c5nc(-n6c7ccccc7c7ccccc76)nc(-n6c7ccccc7c7ccccc76)n5)c4n1c32. The lowest BCUT2D eigenvalue weighted by atomic mass is 10.0. The maximum atomic E-state index is 5.61. The smallest absolute Gasteiger partial charge is 0.240 e. The van der Waals surface area contributed by atoms with Crippen LogP contribution in [0.2, 0.25) is 0 Å². The van der Waals surface area contributed by atoms with Gasteiger partial charge in [0.1, 0.15) is 0 Å². The van der Waals surface area contributed by atoms with E-state index in [1.165, 1.54) is 0 Å². The third-order valence-electron chi connectivity index (χ3n) is 13.6. The fourth-order valence-corrected chi connectivity index (χ4v) is 10.9. The Balaban J connectivity index is 1.20. The molecule has 8 nitrogen and oxygen atoms in total. The van der Waals surface area contributed by atoms with Crippen LogP contribution in [0.25, 0.3) is 133 Å². The van der Waals surface area contributed by atoms with Gasteiger partial charge in [-0.05, 0) is 70.1 Å². The van der Waals surface area contributed by atoms with Crippen LogP contribution in [0.3, 0.4) is 0 Å². The van der Waals surface area contributed by atoms with Crippen molar-refractivity contribution in [3.8, 4) is 23.3 Å². The van der Waals surface area contributed by atoms with Gasteiger partial charge in [0.25, 0.3) is 0 Å². The average molecular weight is 843 g/mol. The number of nitrogens with zero attached hydrogens (tertiary/aromatic N) is 8. The Morgan fingerprint density at radius 2 is 0.636 bits per heavy atom. The second-order valence-electron chi connectivity index (χ2n) is 17.0. The van der Waals surface area contributed by atoms with Crippen LogP contribution in [0.4, 0.5) is 0 Å². The number of fused-ring (bicyclic) bond motifs is 18. The molecule has 0 unspecified atom stereocenters. The molecule has 0 radical (unpaired) electrons. The van der Waals surface area contributed by atoms with Crippen LogP contribution in [0.5, 0.6) is 0 Å². The number of para-hydroxylation sites is 8. The number of hydrogen-bond acceptors (Lipinski definition) is 4. The van der Waals surface area contributed by atoms with Gasteiger partial charge in [-0.3, -0.25) is 17.9 Å². The first-order valence-electron chi connectivity index (χ1n) is 22.3. The minimum Gasteiger partial charge on any atom is -0.278 e. The Morgan fingerprint density at radius 1 is 0.258 bits per heavy atom. The van der Waals surface area contributed by atoms with Crippen molar-refractivity contribution < 1.29 is 0 Å². The highest BCUT2D eigenvalue weighted by Gasteiger charge is 2.24. The van der Waals surface area contributed by atoms with Crippen LogP contribution < -0.4 is 0 Å². The molecule has 0 fully saturated rings. The lowest BCUT2D eigenvalue weighted by Gasteiger charge is -2.14. The second-order valence-corrected chi connectivity index (χ2v) is 17.0. The molecule has 0 bridgehead atoms. The van der Waals surface area contributed by atoms with Crippen LogP contribution in [0, 0.1) is 0 Å². The van der Waals surface area contributed by atoms with Gasteiger partial charge in [0.2, 0.25) is 17.7 Å². The van der Waals surface area contributed by atoms with Gasteiger partial charge in [0.05, 0.1) is 49.7 Å². The fraction of sp³-hybridized carbons (Fsp3) is 0. The molecule has 15 aromatic rings. The monoisotopic (exact) mass is 842 g/mol. The summed E-state index contributed by atoms with van der Waals surface area (Å²) in [7, 11) is 0. The lowest BCUT2D eigenvalue weighted by molar-refractivity contribution is 0.893. The van der Waals surface area contributed by atoms with Crippen LogP contribution >= 0.6 is 0 Å². The molecule has 0 spiro atoms. The molecule has 0 aliphatic carbocycles. The Kier molecular flexibility index (Phi) is 7.07. The molecular formula is C58H34N8. The quantitative estimate of drug-likeness (QED) is 0.178. The molecule has 306 valence electrons. The topological polar surface area (TPSA) is 70.2 Å². The van der Waals surface area contributed by atoms with Crippen LogP contribution in [-0.2, 0) is 0 Å². The molecule has 0 amide bonds. The summed E-state index contributed by atoms with van der Waals surface area (Å²) in [5.74, 6) is 2.40. The van der Waals surface area contributed by atoms with Gasteiger partial charge in [-0.15, -0.1) is 0 Å². The van der Waals surface area contributed by atoms with Crippen LogP contribution in [0.1, 0.15) is 0 Å². The number of benzene rings is 9. The molecule has 15 rings (SSSR count). The summed E-state index contributed by atoms with van der Waals surface area (Å²) in [5.41, 5.74) is 9.93. The number of hydrogen-bond donors (Lipinski definition) is 0. The van der Waals surface area contributed by atoms with Gasteiger partial charge in [-0.2, -0.15) is 15.0 Å². The molecule has 6 aromatic heterocycles. The minimum absolute atomic E-state index is 0.525. The van der Waals surface area contributed by atoms with Crippen molar-refractivity contribution in [1.82, 2.24) is 37.9 Å². The van der Waals surface area contributed by atoms with Crippen molar-refractivity contribution >= 4 is 109 Å². The number of aromatic nitrogens is 8. The highest BCUT2D eigenvalue weighted by molar-refractivity contribution is 6.23. The van der Waals surface area contributed by atoms with Gasteiger partial charge in [0.15, 0.2) is 5.82 Å². The first-order valence-corrected chi connectivity index (χ1v) is 22.3. The second kappa shape index (κ2) is 13.2. The Labute approximate surface area is 375 Å². The first kappa shape index (κ1) is 35.3. The van der Waals surface area contributed by atoms with Crippen LogP contribution in [0.15, 0.2) is 206 Å². The van der Waals surface area contributed by atoms with Crippen molar-refractivity contribution in [3.05, 3.63) is 206 Å². The van der Waals surface area contributed by atoms with Crippen molar-refractivity contribution in [1.29, 1.82) is 0 Å². The van der Waals surface area contributed by atoms with Gasteiger partial charge in [-0.1, -0.05) is 158 Å². The fourth-order valence-electron chi connectivity index (χ4n) is 10.9. The molecule has 9 aromatic carbocycles. The van der Waals surface area contributed by atoms with E-state index >= 15 is 0 Å². The summed E-state index contributed by atoms with van der Waals surface area (Å²) in [6.45, 7) is 0. The zero-order valence-corrected chi connectivity index (χ0v) is 35.2. The largest absolute Gasteiger partial charge is 0.278 e. The van der Waals surface area contributed by atoms with E-state index in [4.69, 9.17) is 19.9 Å². The Bertz CT molecular complexity index is 4370. The molecule has 8 heteroatoms. The maximum absolute atomic E-state index is 5.61. The molecule has 0 aliphatic heterocycles. The summed E-state index contributed by atoms with van der Waals surface area (Å²) in [6.07, 6.45) is 0. The molecule has 0 aliphatic rings. The first-order chi connectivity index (χ1) is 32.8.